The number of carbonyl (C=O) groups is 1. The van der Waals surface area contributed by atoms with Gasteiger partial charge in [-0.25, -0.2) is 4.79 Å². The molecule has 0 radical (unpaired) electrons. The lowest BCUT2D eigenvalue weighted by Gasteiger charge is -2.62. The number of rotatable bonds is 6. The molecule has 188 valence electrons. The van der Waals surface area contributed by atoms with Gasteiger partial charge in [0.15, 0.2) is 0 Å². The number of nitrogens with one attached hydrogen (secondary N) is 1. The average Bonchev–Trinajstić information content (AvgIpc) is 3.46. The highest BCUT2D eigenvalue weighted by Crippen LogP contribution is 2.69. The summed E-state index contributed by atoms with van der Waals surface area (Å²) in [5, 5.41) is 3.18. The fraction of sp³-hybridized carbons (Fsp3) is 0.967. The molecular formula is C30H52N2O. The van der Waals surface area contributed by atoms with E-state index in [1.54, 1.807) is 6.42 Å². The number of carbonyl (C=O) groups excluding carboxylic acids is 1. The molecule has 0 spiro atoms. The lowest BCUT2D eigenvalue weighted by molar-refractivity contribution is -0.135. The van der Waals surface area contributed by atoms with Crippen LogP contribution in [0.5, 0.6) is 0 Å². The summed E-state index contributed by atoms with van der Waals surface area (Å²) in [5.41, 5.74) is 1.24. The topological polar surface area (TPSA) is 32.3 Å². The molecule has 0 aromatic carbocycles. The summed E-state index contributed by atoms with van der Waals surface area (Å²) in [4.78, 5) is 14.2. The summed E-state index contributed by atoms with van der Waals surface area (Å²) in [5.74, 6) is 5.97. The second-order valence-electron chi connectivity index (χ2n) is 13.4. The largest absolute Gasteiger partial charge is 0.338 e. The maximum absolute atomic E-state index is 12.2. The van der Waals surface area contributed by atoms with Gasteiger partial charge in [0.25, 0.3) is 0 Å². The zero-order valence-corrected chi connectivity index (χ0v) is 22.0. The van der Waals surface area contributed by atoms with Crippen LogP contribution in [0.2, 0.25) is 0 Å². The Morgan fingerprint density at radius 2 is 1.67 bits per heavy atom. The average molecular weight is 457 g/mol. The van der Waals surface area contributed by atoms with Gasteiger partial charge in [-0.2, -0.15) is 0 Å². The summed E-state index contributed by atoms with van der Waals surface area (Å²) < 4.78 is 0. The van der Waals surface area contributed by atoms with Gasteiger partial charge in [-0.15, -0.1) is 0 Å². The Morgan fingerprint density at radius 3 is 2.45 bits per heavy atom. The summed E-state index contributed by atoms with van der Waals surface area (Å²) in [6.07, 6.45) is 21.2. The number of likely N-dealkylation sites (tertiary alicyclic amines) is 1. The Balaban J connectivity index is 1.16. The van der Waals surface area contributed by atoms with E-state index in [2.05, 4.69) is 26.1 Å². The van der Waals surface area contributed by atoms with Crippen molar-refractivity contribution in [2.75, 3.05) is 19.6 Å². The predicted molar refractivity (Wildman–Crippen MR) is 137 cm³/mol. The fourth-order valence-electron chi connectivity index (χ4n) is 10.3. The summed E-state index contributed by atoms with van der Waals surface area (Å²) >= 11 is 0. The van der Waals surface area contributed by atoms with E-state index in [9.17, 15) is 4.79 Å². The molecule has 8 atom stereocenters. The molecule has 5 fully saturated rings. The van der Waals surface area contributed by atoms with Gasteiger partial charge in [-0.1, -0.05) is 46.5 Å². The molecule has 1 saturated heterocycles. The minimum Gasteiger partial charge on any atom is -0.338 e. The monoisotopic (exact) mass is 456 g/mol. The standard InChI is InChI=1S/C30H52N2O/c1-4-22-21-24-26-14-13-23(11-6-8-18-31-28(33)32-19-9-10-20-32)29(26,2)17-15-27(24)30(3)16-7-5-12-25(22)30/h22-27H,4-21H2,1-3H3,(H,31,33)/t22-,23?,24?,25?,26?,27-,29?,30?/m0/s1. The first-order valence-electron chi connectivity index (χ1n) is 15.0. The van der Waals surface area contributed by atoms with Crippen LogP contribution in [-0.2, 0) is 0 Å². The van der Waals surface area contributed by atoms with Crippen LogP contribution < -0.4 is 5.32 Å². The van der Waals surface area contributed by atoms with Crippen molar-refractivity contribution in [3.63, 3.8) is 0 Å². The maximum atomic E-state index is 12.2. The first-order chi connectivity index (χ1) is 16.0. The van der Waals surface area contributed by atoms with Gasteiger partial charge in [0.05, 0.1) is 0 Å². The first kappa shape index (κ1) is 24.0. The molecule has 33 heavy (non-hydrogen) atoms. The second-order valence-corrected chi connectivity index (χ2v) is 13.4. The lowest BCUT2D eigenvalue weighted by Crippen LogP contribution is -2.55. The second kappa shape index (κ2) is 9.73. The van der Waals surface area contributed by atoms with Crippen molar-refractivity contribution >= 4 is 6.03 Å². The Morgan fingerprint density at radius 1 is 0.879 bits per heavy atom. The summed E-state index contributed by atoms with van der Waals surface area (Å²) in [6, 6.07) is 0.177. The van der Waals surface area contributed by atoms with E-state index in [0.717, 1.165) is 61.6 Å². The van der Waals surface area contributed by atoms with Crippen LogP contribution in [-0.4, -0.2) is 30.6 Å². The van der Waals surface area contributed by atoms with E-state index in [0.29, 0.717) is 10.8 Å². The van der Waals surface area contributed by atoms with Crippen LogP contribution in [0.25, 0.3) is 0 Å². The van der Waals surface area contributed by atoms with E-state index >= 15 is 0 Å². The van der Waals surface area contributed by atoms with E-state index in [-0.39, 0.29) is 6.03 Å². The van der Waals surface area contributed by atoms with Crippen LogP contribution in [0.4, 0.5) is 4.79 Å². The molecule has 0 aromatic rings. The maximum Gasteiger partial charge on any atom is 0.317 e. The number of hydrogen-bond acceptors (Lipinski definition) is 1. The molecule has 1 heterocycles. The minimum atomic E-state index is 0.177. The number of fused-ring (bicyclic) bond motifs is 5. The Bertz CT molecular complexity index is 687. The minimum absolute atomic E-state index is 0.177. The van der Waals surface area contributed by atoms with Crippen LogP contribution >= 0.6 is 0 Å². The zero-order valence-electron chi connectivity index (χ0n) is 22.0. The van der Waals surface area contributed by atoms with Crippen LogP contribution in [0, 0.1) is 46.3 Å². The van der Waals surface area contributed by atoms with Crippen molar-refractivity contribution in [1.29, 1.82) is 0 Å². The number of nitrogens with zero attached hydrogens (tertiary/aromatic N) is 1. The molecule has 1 aliphatic heterocycles. The van der Waals surface area contributed by atoms with Crippen molar-refractivity contribution in [2.45, 2.75) is 117 Å². The molecule has 4 aliphatic carbocycles. The van der Waals surface area contributed by atoms with Crippen LogP contribution in [0.1, 0.15) is 117 Å². The molecule has 4 saturated carbocycles. The van der Waals surface area contributed by atoms with Crippen molar-refractivity contribution in [3.05, 3.63) is 0 Å². The smallest absolute Gasteiger partial charge is 0.317 e. The van der Waals surface area contributed by atoms with E-state index < -0.39 is 0 Å². The number of hydrogen-bond donors (Lipinski definition) is 1. The van der Waals surface area contributed by atoms with Gasteiger partial charge in [-0.05, 0) is 117 Å². The highest BCUT2D eigenvalue weighted by atomic mass is 16.2. The molecule has 6 unspecified atom stereocenters. The van der Waals surface area contributed by atoms with Gasteiger partial charge in [0.2, 0.25) is 0 Å². The molecule has 5 aliphatic rings. The fourth-order valence-corrected chi connectivity index (χ4v) is 10.3. The van der Waals surface area contributed by atoms with Gasteiger partial charge >= 0.3 is 6.03 Å². The van der Waals surface area contributed by atoms with E-state index in [1.165, 1.54) is 83.5 Å². The SMILES string of the molecule is CC[C@H]1CC2C3CCC(CCCCNC(=O)N4CCCC4)C3(C)CC[C@@H]2C2(C)CCCCC12. The van der Waals surface area contributed by atoms with E-state index in [4.69, 9.17) is 0 Å². The third-order valence-electron chi connectivity index (χ3n) is 12.1. The Hall–Kier alpha value is -0.730. The highest BCUT2D eigenvalue weighted by molar-refractivity contribution is 5.74. The molecule has 3 heteroatoms. The van der Waals surface area contributed by atoms with Gasteiger partial charge in [0.1, 0.15) is 0 Å². The molecule has 1 N–H and O–H groups in total. The zero-order chi connectivity index (χ0) is 23.1. The van der Waals surface area contributed by atoms with Crippen molar-refractivity contribution in [3.8, 4) is 0 Å². The quantitative estimate of drug-likeness (QED) is 0.409. The van der Waals surface area contributed by atoms with Crippen molar-refractivity contribution in [1.82, 2.24) is 10.2 Å². The molecule has 3 nitrogen and oxygen atoms in total. The molecule has 5 rings (SSSR count). The van der Waals surface area contributed by atoms with Gasteiger partial charge in [0, 0.05) is 19.6 Å². The molecule has 0 aromatic heterocycles. The van der Waals surface area contributed by atoms with Crippen LogP contribution in [0.3, 0.4) is 0 Å². The first-order valence-corrected chi connectivity index (χ1v) is 15.0. The summed E-state index contributed by atoms with van der Waals surface area (Å²) in [7, 11) is 0. The third-order valence-corrected chi connectivity index (χ3v) is 12.1. The molecular weight excluding hydrogens is 404 g/mol. The van der Waals surface area contributed by atoms with Crippen molar-refractivity contribution in [2.24, 2.45) is 46.3 Å². The Labute approximate surface area is 204 Å². The normalized spacial score (nSPS) is 44.8. The van der Waals surface area contributed by atoms with Crippen LogP contribution in [0.15, 0.2) is 0 Å². The predicted octanol–water partition coefficient (Wildman–Crippen LogP) is 7.65. The molecule has 2 amide bonds. The number of unbranched alkanes of at least 4 members (excludes halogenated alkanes) is 1. The van der Waals surface area contributed by atoms with Gasteiger partial charge < -0.3 is 10.2 Å². The number of amides is 2. The Kier molecular flexibility index (Phi) is 7.07. The highest BCUT2D eigenvalue weighted by Gasteiger charge is 2.60. The van der Waals surface area contributed by atoms with Crippen molar-refractivity contribution < 1.29 is 4.79 Å². The summed E-state index contributed by atoms with van der Waals surface area (Å²) in [6.45, 7) is 10.7. The molecule has 0 bridgehead atoms. The number of urea groups is 1. The van der Waals surface area contributed by atoms with Gasteiger partial charge in [-0.3, -0.25) is 0 Å². The third kappa shape index (κ3) is 4.26. The lowest BCUT2D eigenvalue weighted by atomic mass is 9.42. The van der Waals surface area contributed by atoms with E-state index in [1.807, 2.05) is 4.90 Å².